The van der Waals surface area contributed by atoms with Gasteiger partial charge in [-0.15, -0.1) is 0 Å². The molecule has 6 fully saturated rings. The maximum Gasteiger partial charge on any atom is 0.321 e. The van der Waals surface area contributed by atoms with Gasteiger partial charge in [-0.25, -0.2) is 29.9 Å². The summed E-state index contributed by atoms with van der Waals surface area (Å²) >= 11 is 0. The number of nitrogens with one attached hydrogen (secondary N) is 3. The summed E-state index contributed by atoms with van der Waals surface area (Å²) < 4.78 is 46.5. The second kappa shape index (κ2) is 32.5. The molecule has 3 aliphatic carbocycles. The second-order valence-corrected chi connectivity index (χ2v) is 25.4. The lowest BCUT2D eigenvalue weighted by Crippen LogP contribution is -2.36. The average Bonchev–Trinajstić information content (AvgIpc) is 0.817. The van der Waals surface area contributed by atoms with Crippen LogP contribution in [0.3, 0.4) is 0 Å². The SMILES string of the molecule is COc1cc(NC2CCC(Oc3cc(N4CCOCC4)cc4nccnc34)CC2)nc(OC)n1.Cc1cc(C#N)cnc1NC1CCC(Oc2cc(N3CCOCC3)cc3nccnc23)CC1.Cc1ccnc(NC2CCC(Oc3cc(N4CCOCC4)cc4nccnc34)CC2)n1. The zero-order valence-corrected chi connectivity index (χ0v) is 56.2. The highest BCUT2D eigenvalue weighted by molar-refractivity contribution is 5.87. The molecule has 3 aromatic carbocycles. The first-order chi connectivity index (χ1) is 48.1. The Morgan fingerprint density at radius 3 is 1.29 bits per heavy atom. The highest BCUT2D eigenvalue weighted by Crippen LogP contribution is 2.38. The number of ether oxygens (including phenoxy) is 8. The van der Waals surface area contributed by atoms with E-state index in [9.17, 15) is 0 Å². The second-order valence-electron chi connectivity index (χ2n) is 25.4. The summed E-state index contributed by atoms with van der Waals surface area (Å²) in [7, 11) is 3.12. The fourth-order valence-corrected chi connectivity index (χ4v) is 13.4. The Bertz CT molecular complexity index is 4130. The Morgan fingerprint density at radius 1 is 0.449 bits per heavy atom. The van der Waals surface area contributed by atoms with Gasteiger partial charge >= 0.3 is 6.01 Å². The van der Waals surface area contributed by atoms with Crippen LogP contribution in [0.15, 0.2) is 104 Å². The summed E-state index contributed by atoms with van der Waals surface area (Å²) in [6.07, 6.45) is 25.9. The van der Waals surface area contributed by atoms with Crippen LogP contribution in [0.1, 0.15) is 93.9 Å². The van der Waals surface area contributed by atoms with Gasteiger partial charge in [-0.3, -0.25) is 15.0 Å². The maximum atomic E-state index is 9.04. The number of methoxy groups -OCH3 is 2. The minimum Gasteiger partial charge on any atom is -0.488 e. The Morgan fingerprint density at radius 2 is 0.878 bits per heavy atom. The molecule has 6 aliphatic rings. The van der Waals surface area contributed by atoms with Crippen molar-refractivity contribution in [2.75, 3.05) is 124 Å². The third-order valence-corrected chi connectivity index (χ3v) is 18.7. The van der Waals surface area contributed by atoms with Crippen molar-refractivity contribution in [1.82, 2.24) is 54.8 Å². The standard InChI is InChI=1S/C25H28N6O2.C24H30N6O4.C23H28N6O2/c1-17-12-18(15-26)16-29-25(17)30-19-2-4-21(5-3-19)33-23-14-20(31-8-10-32-11-9-31)13-22-24(23)28-7-6-27-22;1-31-22-15-21(28-24(29-22)32-2)27-16-3-5-18(6-4-16)34-20-14-17(30-9-11-33-12-10-30)13-19-23(20)26-8-7-25-19;1-16-6-7-26-23(27-16)28-17-2-4-19(5-3-17)31-21-15-18(29-10-12-30-13-11-29)14-20-22(21)25-9-8-24-20/h6-7,12-14,16,19,21H,2-5,8-11H2,1H3,(H,29,30);7-8,13-16,18H,3-6,9-12H2,1-2H3,(H,27,28,29);6-9,14-15,17,19H,2-5,10-13H2,1H3,(H,26,27,28). The lowest BCUT2D eigenvalue weighted by atomic mass is 9.92. The molecule has 0 amide bonds. The molecule has 512 valence electrons. The Labute approximate surface area is 570 Å². The van der Waals surface area contributed by atoms with Crippen LogP contribution in [0.2, 0.25) is 0 Å². The van der Waals surface area contributed by atoms with Gasteiger partial charge in [0.05, 0.1) is 94.3 Å². The summed E-state index contributed by atoms with van der Waals surface area (Å²) in [5, 5.41) is 19.5. The smallest absolute Gasteiger partial charge is 0.321 e. The minimum absolute atomic E-state index is 0.123. The van der Waals surface area contributed by atoms with Crippen molar-refractivity contribution in [3.05, 3.63) is 121 Å². The predicted octanol–water partition coefficient (Wildman–Crippen LogP) is 10.3. The van der Waals surface area contributed by atoms with E-state index >= 15 is 0 Å². The predicted molar refractivity (Wildman–Crippen MR) is 374 cm³/mol. The summed E-state index contributed by atoms with van der Waals surface area (Å²) in [4.78, 5) is 56.0. The number of benzene rings is 3. The summed E-state index contributed by atoms with van der Waals surface area (Å²) in [6.45, 7) is 13.6. The van der Waals surface area contributed by atoms with Crippen molar-refractivity contribution in [3.8, 4) is 35.2 Å². The zero-order valence-electron chi connectivity index (χ0n) is 56.2. The van der Waals surface area contributed by atoms with E-state index < -0.39 is 0 Å². The molecule has 0 unspecified atom stereocenters. The van der Waals surface area contributed by atoms with Crippen LogP contribution in [-0.4, -0.2) is 184 Å². The molecule has 98 heavy (non-hydrogen) atoms. The van der Waals surface area contributed by atoms with Crippen LogP contribution in [-0.2, 0) is 14.2 Å². The molecule has 6 aromatic heterocycles. The first-order valence-electron chi connectivity index (χ1n) is 34.3. The van der Waals surface area contributed by atoms with E-state index in [1.54, 1.807) is 69.9 Å². The Kier molecular flexibility index (Phi) is 22.1. The number of nitriles is 1. The summed E-state index contributed by atoms with van der Waals surface area (Å²) in [5.74, 6) is 5.18. The molecule has 26 heteroatoms. The molecule has 26 nitrogen and oxygen atoms in total. The molecule has 9 heterocycles. The van der Waals surface area contributed by atoms with Gasteiger partial charge in [0, 0.05) is 154 Å². The first kappa shape index (κ1) is 66.8. The quantitative estimate of drug-likeness (QED) is 0.0764. The van der Waals surface area contributed by atoms with Gasteiger partial charge in [-0.05, 0) is 127 Å². The molecular weight excluding hydrogens is 1240 g/mol. The van der Waals surface area contributed by atoms with E-state index in [1.165, 1.54) is 0 Å². The van der Waals surface area contributed by atoms with Crippen molar-refractivity contribution in [2.45, 2.75) is 127 Å². The molecule has 3 aliphatic heterocycles. The Balaban J connectivity index is 0.000000132. The third-order valence-electron chi connectivity index (χ3n) is 18.7. The average molecular weight is 1330 g/mol. The lowest BCUT2D eigenvalue weighted by Gasteiger charge is -2.31. The monoisotopic (exact) mass is 1330 g/mol. The number of pyridine rings is 1. The van der Waals surface area contributed by atoms with Crippen LogP contribution < -0.4 is 54.3 Å². The number of rotatable bonds is 17. The highest BCUT2D eigenvalue weighted by atomic mass is 16.5. The van der Waals surface area contributed by atoms with Gasteiger partial charge in [0.25, 0.3) is 0 Å². The van der Waals surface area contributed by atoms with Crippen molar-refractivity contribution in [3.63, 3.8) is 0 Å². The highest BCUT2D eigenvalue weighted by Gasteiger charge is 2.29. The van der Waals surface area contributed by atoms with Crippen LogP contribution >= 0.6 is 0 Å². The van der Waals surface area contributed by atoms with E-state index in [4.69, 9.17) is 43.2 Å². The summed E-state index contributed by atoms with van der Waals surface area (Å²) in [5.41, 5.74) is 10.9. The number of aromatic nitrogens is 11. The molecule has 0 bridgehead atoms. The van der Waals surface area contributed by atoms with Gasteiger partial charge in [-0.1, -0.05) is 0 Å². The number of aryl methyl sites for hydroxylation is 2. The molecule has 0 atom stereocenters. The number of hydrogen-bond donors (Lipinski definition) is 3. The number of morpholine rings is 3. The molecule has 15 rings (SSSR count). The van der Waals surface area contributed by atoms with Crippen molar-refractivity contribution in [1.29, 1.82) is 5.26 Å². The van der Waals surface area contributed by atoms with Crippen molar-refractivity contribution < 1.29 is 37.9 Å². The fourth-order valence-electron chi connectivity index (χ4n) is 13.4. The number of nitrogens with zero attached hydrogens (tertiary/aromatic N) is 15. The maximum absolute atomic E-state index is 9.04. The number of hydrogen-bond acceptors (Lipinski definition) is 26. The lowest BCUT2D eigenvalue weighted by molar-refractivity contribution is 0.122. The van der Waals surface area contributed by atoms with E-state index in [0.29, 0.717) is 41.3 Å². The van der Waals surface area contributed by atoms with E-state index in [0.717, 1.165) is 240 Å². The first-order valence-corrected chi connectivity index (χ1v) is 34.3. The third kappa shape index (κ3) is 17.3. The molecule has 9 aromatic rings. The molecule has 3 saturated heterocycles. The molecule has 3 saturated carbocycles. The normalized spacial score (nSPS) is 21.1. The minimum atomic E-state index is 0.123. The number of fused-ring (bicyclic) bond motifs is 3. The van der Waals surface area contributed by atoms with Gasteiger partial charge in [0.15, 0.2) is 0 Å². The van der Waals surface area contributed by atoms with E-state index in [-0.39, 0.29) is 24.3 Å². The Hall–Kier alpha value is -9.84. The van der Waals surface area contributed by atoms with Crippen LogP contribution in [0.5, 0.6) is 29.1 Å². The van der Waals surface area contributed by atoms with Gasteiger partial charge in [0.2, 0.25) is 11.8 Å². The zero-order chi connectivity index (χ0) is 67.0. The summed E-state index contributed by atoms with van der Waals surface area (Å²) in [6, 6.07) is 21.6. The van der Waals surface area contributed by atoms with Crippen LogP contribution in [0, 0.1) is 25.2 Å². The number of anilines is 6. The molecule has 0 spiro atoms. The van der Waals surface area contributed by atoms with Gasteiger partial charge < -0.3 is 68.5 Å². The molecule has 3 N–H and O–H groups in total. The molecular formula is C72H86N18O8. The van der Waals surface area contributed by atoms with Crippen molar-refractivity contribution >= 4 is 67.7 Å². The largest absolute Gasteiger partial charge is 0.488 e. The van der Waals surface area contributed by atoms with E-state index in [2.05, 4.69) is 128 Å². The van der Waals surface area contributed by atoms with Crippen LogP contribution in [0.25, 0.3) is 33.1 Å². The fraction of sp³-hybridized carbons (Fsp3) is 0.472. The van der Waals surface area contributed by atoms with Gasteiger partial charge in [0.1, 0.15) is 51.5 Å². The molecule has 0 radical (unpaired) electrons. The van der Waals surface area contributed by atoms with Gasteiger partial charge in [-0.2, -0.15) is 15.2 Å². The van der Waals surface area contributed by atoms with Crippen LogP contribution in [0.4, 0.5) is 34.6 Å². The van der Waals surface area contributed by atoms with Crippen molar-refractivity contribution in [2.24, 2.45) is 0 Å². The van der Waals surface area contributed by atoms with E-state index in [1.807, 2.05) is 26.0 Å². The topological polar surface area (TPSA) is 285 Å².